The highest BCUT2D eigenvalue weighted by Gasteiger charge is 2.06. The predicted molar refractivity (Wildman–Crippen MR) is 118 cm³/mol. The molecule has 0 saturated heterocycles. The molecule has 0 aliphatic heterocycles. The number of hydrogen-bond donors (Lipinski definition) is 1. The van der Waals surface area contributed by atoms with Gasteiger partial charge in [-0.05, 0) is 56.4 Å². The van der Waals surface area contributed by atoms with E-state index in [2.05, 4.69) is 19.1 Å². The first-order valence-corrected chi connectivity index (χ1v) is 11.3. The van der Waals surface area contributed by atoms with Crippen molar-refractivity contribution in [1.29, 1.82) is 0 Å². The van der Waals surface area contributed by atoms with Gasteiger partial charge < -0.3 is 9.84 Å². The number of carbonyl (C=O) groups excluding carboxylic acids is 1. The van der Waals surface area contributed by atoms with E-state index in [4.69, 9.17) is 4.74 Å². The molecule has 158 valence electrons. The van der Waals surface area contributed by atoms with Crippen molar-refractivity contribution in [2.24, 2.45) is 0 Å². The first kappa shape index (κ1) is 24.3. The maximum absolute atomic E-state index is 11.8. The van der Waals surface area contributed by atoms with Gasteiger partial charge in [-0.2, -0.15) is 0 Å². The predicted octanol–water partition coefficient (Wildman–Crippen LogP) is 7.59. The molecule has 0 heterocycles. The number of hydrogen-bond acceptors (Lipinski definition) is 3. The number of rotatable bonds is 17. The lowest BCUT2D eigenvalue weighted by Crippen LogP contribution is -2.06. The van der Waals surface area contributed by atoms with Crippen molar-refractivity contribution in [1.82, 2.24) is 0 Å². The fraction of sp³-hybridized carbons (Fsp3) is 0.640. The highest BCUT2D eigenvalue weighted by atomic mass is 16.5. The summed E-state index contributed by atoms with van der Waals surface area (Å²) in [6, 6.07) is 6.17. The molecule has 3 nitrogen and oxygen atoms in total. The number of esters is 1. The van der Waals surface area contributed by atoms with Crippen LogP contribution in [0.3, 0.4) is 0 Å². The van der Waals surface area contributed by atoms with Crippen LogP contribution in [0.2, 0.25) is 0 Å². The lowest BCUT2D eigenvalue weighted by Gasteiger charge is -2.05. The molecule has 3 heteroatoms. The van der Waals surface area contributed by atoms with E-state index in [1.54, 1.807) is 12.1 Å². The molecular formula is C25H40O3. The Kier molecular flexibility index (Phi) is 15.0. The number of allylic oxidation sites excluding steroid dienone is 2. The summed E-state index contributed by atoms with van der Waals surface area (Å²) >= 11 is 0. The maximum atomic E-state index is 11.8. The second-order valence-electron chi connectivity index (χ2n) is 7.62. The summed E-state index contributed by atoms with van der Waals surface area (Å²) in [5, 5.41) is 9.21. The van der Waals surface area contributed by atoms with Crippen LogP contribution in [0, 0.1) is 0 Å². The third-order valence-corrected chi connectivity index (χ3v) is 4.99. The van der Waals surface area contributed by atoms with Crippen LogP contribution in [-0.4, -0.2) is 17.7 Å². The van der Waals surface area contributed by atoms with Crippen molar-refractivity contribution >= 4 is 5.97 Å². The second-order valence-corrected chi connectivity index (χ2v) is 7.62. The SMILES string of the molecule is CCCCCCCC/C=C\CCCCCCCCOC(=O)c1ccc(O)cc1. The molecule has 0 atom stereocenters. The molecule has 0 amide bonds. The zero-order valence-corrected chi connectivity index (χ0v) is 17.8. The number of phenolic OH excluding ortho intramolecular Hbond substituents is 1. The van der Waals surface area contributed by atoms with Crippen LogP contribution in [0.15, 0.2) is 36.4 Å². The van der Waals surface area contributed by atoms with Crippen LogP contribution in [0.4, 0.5) is 0 Å². The van der Waals surface area contributed by atoms with Gasteiger partial charge in [0, 0.05) is 0 Å². The maximum Gasteiger partial charge on any atom is 0.338 e. The van der Waals surface area contributed by atoms with Crippen LogP contribution in [-0.2, 0) is 4.74 Å². The first-order chi connectivity index (χ1) is 13.7. The molecule has 0 fully saturated rings. The average molecular weight is 389 g/mol. The van der Waals surface area contributed by atoms with Crippen LogP contribution < -0.4 is 0 Å². The molecule has 1 rings (SSSR count). The summed E-state index contributed by atoms with van der Waals surface area (Å²) < 4.78 is 5.26. The van der Waals surface area contributed by atoms with E-state index in [1.807, 2.05) is 0 Å². The Labute approximate surface area is 172 Å². The van der Waals surface area contributed by atoms with Gasteiger partial charge in [-0.1, -0.05) is 76.9 Å². The minimum Gasteiger partial charge on any atom is -0.508 e. The topological polar surface area (TPSA) is 46.5 Å². The van der Waals surface area contributed by atoms with Gasteiger partial charge in [0.2, 0.25) is 0 Å². The van der Waals surface area contributed by atoms with E-state index >= 15 is 0 Å². The summed E-state index contributed by atoms with van der Waals surface area (Å²) in [5.41, 5.74) is 0.488. The highest BCUT2D eigenvalue weighted by molar-refractivity contribution is 5.89. The van der Waals surface area contributed by atoms with Crippen molar-refractivity contribution in [2.75, 3.05) is 6.61 Å². The molecule has 0 bridgehead atoms. The number of carbonyl (C=O) groups is 1. The molecule has 0 unspecified atom stereocenters. The van der Waals surface area contributed by atoms with E-state index in [0.29, 0.717) is 12.2 Å². The Balaban J connectivity index is 1.83. The quantitative estimate of drug-likeness (QED) is 0.170. The number of aromatic hydroxyl groups is 1. The summed E-state index contributed by atoms with van der Waals surface area (Å²) in [7, 11) is 0. The van der Waals surface area contributed by atoms with E-state index in [-0.39, 0.29) is 11.7 Å². The Morgan fingerprint density at radius 3 is 1.86 bits per heavy atom. The molecule has 28 heavy (non-hydrogen) atoms. The zero-order chi connectivity index (χ0) is 20.3. The molecule has 1 N–H and O–H groups in total. The monoisotopic (exact) mass is 388 g/mol. The molecule has 0 radical (unpaired) electrons. The third kappa shape index (κ3) is 13.4. The largest absolute Gasteiger partial charge is 0.508 e. The fourth-order valence-corrected chi connectivity index (χ4v) is 3.20. The van der Waals surface area contributed by atoms with Gasteiger partial charge in [0.25, 0.3) is 0 Å². The van der Waals surface area contributed by atoms with E-state index < -0.39 is 0 Å². The molecule has 0 spiro atoms. The van der Waals surface area contributed by atoms with Gasteiger partial charge in [0.15, 0.2) is 0 Å². The molecular weight excluding hydrogens is 348 g/mol. The minimum absolute atomic E-state index is 0.157. The fourth-order valence-electron chi connectivity index (χ4n) is 3.20. The van der Waals surface area contributed by atoms with Gasteiger partial charge in [-0.25, -0.2) is 4.79 Å². The standard InChI is InChI=1S/C25H40O3/c1-2-3-4-5-6-7-8-9-10-11-12-13-14-15-16-17-22-28-25(27)23-18-20-24(26)21-19-23/h9-10,18-21,26H,2-8,11-17,22H2,1H3/b10-9-. The van der Waals surface area contributed by atoms with E-state index in [0.717, 1.165) is 12.8 Å². The summed E-state index contributed by atoms with van der Waals surface area (Å²) in [4.78, 5) is 11.8. The van der Waals surface area contributed by atoms with E-state index in [1.165, 1.54) is 89.2 Å². The highest BCUT2D eigenvalue weighted by Crippen LogP contribution is 2.12. The van der Waals surface area contributed by atoms with Crippen molar-refractivity contribution < 1.29 is 14.6 Å². The normalized spacial score (nSPS) is 11.2. The number of benzene rings is 1. The van der Waals surface area contributed by atoms with Crippen LogP contribution in [0.1, 0.15) is 107 Å². The molecule has 0 aromatic heterocycles. The Hall–Kier alpha value is -1.77. The van der Waals surface area contributed by atoms with Gasteiger partial charge in [0.1, 0.15) is 5.75 Å². The molecule has 1 aromatic rings. The Morgan fingerprint density at radius 1 is 0.786 bits per heavy atom. The van der Waals surface area contributed by atoms with Crippen molar-refractivity contribution in [3.8, 4) is 5.75 Å². The third-order valence-electron chi connectivity index (χ3n) is 4.99. The second kappa shape index (κ2) is 17.3. The van der Waals surface area contributed by atoms with Crippen molar-refractivity contribution in [3.05, 3.63) is 42.0 Å². The van der Waals surface area contributed by atoms with Gasteiger partial charge in [-0.3, -0.25) is 0 Å². The summed E-state index contributed by atoms with van der Waals surface area (Å²) in [6.07, 6.45) is 22.5. The number of ether oxygens (including phenoxy) is 1. The first-order valence-electron chi connectivity index (χ1n) is 11.3. The Morgan fingerprint density at radius 2 is 1.29 bits per heavy atom. The summed E-state index contributed by atoms with van der Waals surface area (Å²) in [5.74, 6) is -0.155. The lowest BCUT2D eigenvalue weighted by atomic mass is 10.1. The van der Waals surface area contributed by atoms with Gasteiger partial charge >= 0.3 is 5.97 Å². The van der Waals surface area contributed by atoms with Gasteiger partial charge in [-0.15, -0.1) is 0 Å². The van der Waals surface area contributed by atoms with Crippen LogP contribution in [0.5, 0.6) is 5.75 Å². The van der Waals surface area contributed by atoms with Crippen molar-refractivity contribution in [3.63, 3.8) is 0 Å². The zero-order valence-electron chi connectivity index (χ0n) is 17.8. The smallest absolute Gasteiger partial charge is 0.338 e. The number of phenols is 1. The molecule has 0 aliphatic carbocycles. The Bertz CT molecular complexity index is 519. The molecule has 1 aromatic carbocycles. The minimum atomic E-state index is -0.312. The molecule has 0 saturated carbocycles. The lowest BCUT2D eigenvalue weighted by molar-refractivity contribution is 0.0497. The van der Waals surface area contributed by atoms with Crippen molar-refractivity contribution in [2.45, 2.75) is 96.8 Å². The van der Waals surface area contributed by atoms with Gasteiger partial charge in [0.05, 0.1) is 12.2 Å². The van der Waals surface area contributed by atoms with Crippen LogP contribution >= 0.6 is 0 Å². The average Bonchev–Trinajstić information content (AvgIpc) is 2.70. The summed E-state index contributed by atoms with van der Waals surface area (Å²) in [6.45, 7) is 2.74. The number of unbranched alkanes of at least 4 members (excludes halogenated alkanes) is 12. The molecule has 0 aliphatic rings. The van der Waals surface area contributed by atoms with E-state index in [9.17, 15) is 9.90 Å². The van der Waals surface area contributed by atoms with Crippen LogP contribution in [0.25, 0.3) is 0 Å².